The number of imide groups is 1. The predicted octanol–water partition coefficient (Wildman–Crippen LogP) is 6.17. The maximum atomic E-state index is 11.5. The Bertz CT molecular complexity index is 7800. The van der Waals surface area contributed by atoms with Crippen LogP contribution >= 0.6 is 0 Å². The molecule has 19 aromatic rings. The van der Waals surface area contributed by atoms with Crippen molar-refractivity contribution in [1.29, 1.82) is 0 Å². The summed E-state index contributed by atoms with van der Waals surface area (Å²) >= 11 is 0. The number of amides is 2. The Hall–Kier alpha value is -17.3. The molecule has 0 unspecified atom stereocenters. The fourth-order valence-electron chi connectivity index (χ4n) is 12.2. The van der Waals surface area contributed by atoms with Gasteiger partial charge in [0.15, 0.2) is 5.58 Å². The molecular formula is C90H87N21O16. The summed E-state index contributed by atoms with van der Waals surface area (Å²) in [6, 6.07) is 68.4. The average molecular weight is 1720 g/mol. The van der Waals surface area contributed by atoms with Gasteiger partial charge in [0.05, 0.1) is 96.1 Å². The third-order valence-electron chi connectivity index (χ3n) is 19.2. The lowest BCUT2D eigenvalue weighted by Crippen LogP contribution is -2.39. The number of hydrogen-bond acceptors (Lipinski definition) is 21. The number of aromatic amines is 5. The molecule has 0 saturated heterocycles. The second kappa shape index (κ2) is 42.8. The summed E-state index contributed by atoms with van der Waals surface area (Å²) in [5, 5.41) is 21.8. The quantitative estimate of drug-likeness (QED) is 0.121. The van der Waals surface area contributed by atoms with Gasteiger partial charge in [-0.15, -0.1) is 5.10 Å². The summed E-state index contributed by atoms with van der Waals surface area (Å²) in [5.41, 5.74) is 5.52. The number of aromatic nitrogens is 20. The van der Waals surface area contributed by atoms with Crippen LogP contribution < -0.4 is 72.9 Å². The summed E-state index contributed by atoms with van der Waals surface area (Å²) in [5.74, 6) is -0.616. The molecule has 37 nitrogen and oxygen atoms in total. The number of fused-ring (bicyclic) bond motifs is 9. The molecular weight excluding hydrogens is 1630 g/mol. The molecule has 11 heterocycles. The number of aryl methyl sites for hydroxylation is 8. The maximum absolute atomic E-state index is 11.5. The molecule has 0 fully saturated rings. The van der Waals surface area contributed by atoms with Crippen molar-refractivity contribution >= 4 is 99.1 Å². The van der Waals surface area contributed by atoms with Gasteiger partial charge in [-0.3, -0.25) is 95.9 Å². The van der Waals surface area contributed by atoms with E-state index in [1.165, 1.54) is 97.3 Å². The second-order valence-corrected chi connectivity index (χ2v) is 27.7. The number of hydrogen-bond donors (Lipinski definition) is 5. The van der Waals surface area contributed by atoms with E-state index >= 15 is 0 Å². The van der Waals surface area contributed by atoms with Gasteiger partial charge in [0, 0.05) is 112 Å². The first-order valence-electron chi connectivity index (χ1n) is 38.9. The lowest BCUT2D eigenvalue weighted by atomic mass is 9.99. The largest absolute Gasteiger partial charge is 0.419 e. The van der Waals surface area contributed by atoms with E-state index in [4.69, 9.17) is 4.42 Å². The number of carbonyl (C=O) groups excluding carboxylic acids is 2. The summed E-state index contributed by atoms with van der Waals surface area (Å²) < 4.78 is 18.8. The highest BCUT2D eigenvalue weighted by molar-refractivity contribution is 6.09. The number of benzene rings is 9. The number of likely N-dealkylation sites (N-methyl/N-ethyl adjacent to an activating group) is 1. The van der Waals surface area contributed by atoms with Crippen molar-refractivity contribution in [2.24, 2.45) is 56.4 Å². The van der Waals surface area contributed by atoms with E-state index in [0.717, 1.165) is 59.5 Å². The minimum atomic E-state index is -0.387. The van der Waals surface area contributed by atoms with Crippen LogP contribution in [0.1, 0.15) is 29.8 Å². The maximum Gasteiger partial charge on any atom is 0.419 e. The van der Waals surface area contributed by atoms with Gasteiger partial charge in [-0.1, -0.05) is 127 Å². The van der Waals surface area contributed by atoms with Crippen molar-refractivity contribution < 1.29 is 14.0 Å². The molecule has 20 rings (SSSR count). The number of para-hydroxylation sites is 7. The average Bonchev–Trinajstić information content (AvgIpc) is 1.66. The van der Waals surface area contributed by atoms with Crippen molar-refractivity contribution in [3.8, 4) is 0 Å². The van der Waals surface area contributed by atoms with Crippen LogP contribution in [0.15, 0.2) is 329 Å². The van der Waals surface area contributed by atoms with Gasteiger partial charge in [0.2, 0.25) is 5.91 Å². The number of oxazole rings is 1. The Kier molecular flexibility index (Phi) is 31.0. The monoisotopic (exact) mass is 1720 g/mol. The Morgan fingerprint density at radius 2 is 0.945 bits per heavy atom. The van der Waals surface area contributed by atoms with Crippen LogP contribution in [0.2, 0.25) is 0 Å². The third-order valence-corrected chi connectivity index (χ3v) is 19.2. The van der Waals surface area contributed by atoms with Crippen molar-refractivity contribution in [2.45, 2.75) is 33.4 Å². The van der Waals surface area contributed by atoms with E-state index in [2.05, 4.69) is 68.1 Å². The van der Waals surface area contributed by atoms with Crippen molar-refractivity contribution in [3.63, 3.8) is 0 Å². The van der Waals surface area contributed by atoms with Gasteiger partial charge in [-0.25, -0.2) is 38.5 Å². The molecule has 0 bridgehead atoms. The zero-order valence-electron chi connectivity index (χ0n) is 70.6. The first-order valence-corrected chi connectivity index (χ1v) is 38.9. The smallest absolute Gasteiger partial charge is 0.408 e. The fourth-order valence-corrected chi connectivity index (χ4v) is 12.2. The zero-order chi connectivity index (χ0) is 91.7. The van der Waals surface area contributed by atoms with Crippen LogP contribution in [-0.4, -0.2) is 120 Å². The molecule has 1 aliphatic rings. The minimum Gasteiger partial charge on any atom is -0.408 e. The minimum absolute atomic E-state index is 0.000556. The fraction of sp³-hybridized carbons (Fsp3) is 0.156. The molecule has 127 heavy (non-hydrogen) atoms. The highest BCUT2D eigenvalue weighted by Gasteiger charge is 2.27. The van der Waals surface area contributed by atoms with E-state index in [9.17, 15) is 71.9 Å². The Balaban J connectivity index is 0.000000146. The summed E-state index contributed by atoms with van der Waals surface area (Å²) in [7, 11) is 14.1. The van der Waals surface area contributed by atoms with E-state index in [-0.39, 0.29) is 84.7 Å². The normalized spacial score (nSPS) is 10.9. The SMILES string of the molecule is CCn1c(=O)oc2ccccc21.CCn1cnc2ccccc21.CN1C(=O)Cc2ccccc2C1=O.Cn1[nH]c(=O)c2ccccc2c1=O.Cn1[nH]c2ccccc2c1=O.Cn1c(=O)[nH]c2ccccc2c1=O.Cn1c(=O)cc[nH]c1=O.Cn1ccc(=O)[nH]c1=O.Cn1cnc2ccccc2c1=O.Cn1ncc2ccccc2c1=O.Cn1nnc2ccccc2c1=O. The topological polar surface area (TPSA) is 465 Å². The molecule has 0 atom stereocenters. The lowest BCUT2D eigenvalue weighted by Gasteiger charge is -2.22. The van der Waals surface area contributed by atoms with E-state index in [1.807, 2.05) is 135 Å². The van der Waals surface area contributed by atoms with Gasteiger partial charge in [-0.05, 0) is 116 Å². The molecule has 0 radical (unpaired) electrons. The Morgan fingerprint density at radius 1 is 0.409 bits per heavy atom. The van der Waals surface area contributed by atoms with Crippen LogP contribution in [0.4, 0.5) is 0 Å². The Labute approximate surface area is 716 Å². The summed E-state index contributed by atoms with van der Waals surface area (Å²) in [6.45, 7) is 5.67. The van der Waals surface area contributed by atoms with Crippen molar-refractivity contribution in [2.75, 3.05) is 7.05 Å². The number of nitrogens with one attached hydrogen (secondary N) is 5. The summed E-state index contributed by atoms with van der Waals surface area (Å²) in [6.07, 6.45) is 8.18. The van der Waals surface area contributed by atoms with Gasteiger partial charge >= 0.3 is 22.8 Å². The summed E-state index contributed by atoms with van der Waals surface area (Å²) in [4.78, 5) is 184. The zero-order valence-corrected chi connectivity index (χ0v) is 70.6. The van der Waals surface area contributed by atoms with Gasteiger partial charge in [0.25, 0.3) is 55.9 Å². The van der Waals surface area contributed by atoms with Crippen LogP contribution in [0.3, 0.4) is 0 Å². The standard InChI is InChI=1S/C10H9NO2.2C9H8N2O2.2C9H8N2O.C9H10N2.C9H9NO2.C8H7N3O.C8H8N2O.2C5H6N2O2/c1-11-9(12)6-7-4-2-3-5-8(7)10(11)13;1-11-8(12)6-4-2-3-5-7(6)10-9(11)13;1-11-9(13)7-5-3-2-4-6(7)8(12)10-11;1-11-6-10-8-5-3-2-4-7(8)9(11)12;1-11-9(12)8-5-3-2-4-7(8)6-10-11;1-2-11-7-10-8-5-3-4-6-9(8)11;1-2-10-7-5-3-4-6-8(7)12-9(10)11;1-11-8(12)6-4-2-3-5-7(6)9-10-11;1-10-8(11)6-4-2-3-5-7(6)9-10;1-7-3-2-4(8)6-5(7)9;1-7-4(8)2-3-6-5(7)9/h2-5H,6H2,1H3;2-5H,1H3,(H,10,13);2-5H,1H3,(H,10,12);2*2-6H,1H3;3-7H,2H2,1H3;3-6H,2H2,1H3;2-5H,1H3;2-5,9H,1H3;2-3H,1H3,(H,6,8,9);2-3H,1H3,(H,6,9). The van der Waals surface area contributed by atoms with Gasteiger partial charge < -0.3 is 28.1 Å². The van der Waals surface area contributed by atoms with E-state index in [1.54, 1.807) is 137 Å². The first-order chi connectivity index (χ1) is 60.9. The Morgan fingerprint density at radius 3 is 1.59 bits per heavy atom. The molecule has 2 amide bonds. The molecule has 1 aliphatic heterocycles. The number of H-pyrrole nitrogens is 5. The van der Waals surface area contributed by atoms with Crippen LogP contribution in [0.5, 0.6) is 0 Å². The molecule has 0 aliphatic carbocycles. The molecule has 5 N–H and O–H groups in total. The van der Waals surface area contributed by atoms with Crippen LogP contribution in [0, 0.1) is 0 Å². The number of carbonyl (C=O) groups is 2. The molecule has 10 aromatic heterocycles. The number of rotatable bonds is 2. The molecule has 0 spiro atoms. The predicted molar refractivity (Wildman–Crippen MR) is 485 cm³/mol. The van der Waals surface area contributed by atoms with Crippen LogP contribution in [-0.2, 0) is 80.7 Å². The highest BCUT2D eigenvalue weighted by atomic mass is 16.4. The van der Waals surface area contributed by atoms with Gasteiger partial charge in [-0.2, -0.15) is 5.10 Å². The van der Waals surface area contributed by atoms with Gasteiger partial charge in [0.1, 0.15) is 5.52 Å². The third kappa shape index (κ3) is 22.9. The van der Waals surface area contributed by atoms with Crippen LogP contribution in [0.25, 0.3) is 87.3 Å². The number of nitrogens with zero attached hydrogens (tertiary/aromatic N) is 16. The van der Waals surface area contributed by atoms with Crippen molar-refractivity contribution in [3.05, 3.63) is 408 Å². The first kappa shape index (κ1) is 92.0. The van der Waals surface area contributed by atoms with E-state index in [0.29, 0.717) is 62.1 Å². The molecule has 648 valence electrons. The highest BCUT2D eigenvalue weighted by Crippen LogP contribution is 2.19. The van der Waals surface area contributed by atoms with E-state index < -0.39 is 0 Å². The molecule has 37 heteroatoms. The molecule has 9 aromatic carbocycles. The molecule has 0 saturated carbocycles. The lowest BCUT2D eigenvalue weighted by molar-refractivity contribution is -0.127. The number of imidazole rings is 1. The van der Waals surface area contributed by atoms with Crippen molar-refractivity contribution in [1.82, 2.24) is 102 Å². The second-order valence-electron chi connectivity index (χ2n) is 27.7.